The molecule has 0 saturated heterocycles. The molecule has 1 aliphatic heterocycles. The number of hydrogen-bond acceptors (Lipinski definition) is 4. The second kappa shape index (κ2) is 7.38. The van der Waals surface area contributed by atoms with Gasteiger partial charge in [0, 0.05) is 17.8 Å². The fourth-order valence-electron chi connectivity index (χ4n) is 2.96. The monoisotopic (exact) mass is 348 g/mol. The molecule has 2 aromatic rings. The normalized spacial score (nSPS) is 19.6. The van der Waals surface area contributed by atoms with E-state index in [1.165, 1.54) is 18.9 Å². The number of allylic oxidation sites excluding steroid dienone is 1. The Morgan fingerprint density at radius 1 is 1.33 bits per heavy atom. The molecule has 3 rings (SSSR count). The van der Waals surface area contributed by atoms with Crippen LogP contribution in [0.2, 0.25) is 0 Å². The molecule has 6 heteroatoms. The van der Waals surface area contributed by atoms with E-state index in [0.29, 0.717) is 16.7 Å². The number of thioether (sulfide) groups is 1. The van der Waals surface area contributed by atoms with Crippen LogP contribution in [-0.2, 0) is 5.54 Å². The van der Waals surface area contributed by atoms with Gasteiger partial charge in [0.05, 0.1) is 5.52 Å². The van der Waals surface area contributed by atoms with Crippen LogP contribution >= 0.6 is 11.8 Å². The van der Waals surface area contributed by atoms with E-state index in [1.54, 1.807) is 12.3 Å². The Labute approximate surface area is 144 Å². The summed E-state index contributed by atoms with van der Waals surface area (Å²) < 4.78 is 19.7. The topological polar surface area (TPSA) is 58.4 Å². The molecule has 1 N–H and O–H groups in total. The van der Waals surface area contributed by atoms with E-state index in [0.717, 1.165) is 24.3 Å². The number of aromatic nitrogens is 1. The van der Waals surface area contributed by atoms with Crippen molar-refractivity contribution in [2.45, 2.75) is 38.1 Å². The summed E-state index contributed by atoms with van der Waals surface area (Å²) in [5.41, 5.74) is 0.502. The van der Waals surface area contributed by atoms with Crippen LogP contribution in [0.4, 0.5) is 4.39 Å². The van der Waals surface area contributed by atoms with Gasteiger partial charge in [-0.3, -0.25) is 9.98 Å². The molecule has 1 aromatic carbocycles. The van der Waals surface area contributed by atoms with E-state index in [1.807, 2.05) is 23.9 Å². The molecule has 0 saturated carbocycles. The Morgan fingerprint density at radius 2 is 2.17 bits per heavy atom. The predicted molar refractivity (Wildman–Crippen MR) is 97.6 cm³/mol. The van der Waals surface area contributed by atoms with Crippen molar-refractivity contribution in [3.63, 3.8) is 0 Å². The van der Waals surface area contributed by atoms with E-state index in [2.05, 4.69) is 16.9 Å². The smallest absolute Gasteiger partial charge is 0.408 e. The Hall–Kier alpha value is -1.82. The molecule has 0 aliphatic carbocycles. The van der Waals surface area contributed by atoms with Gasteiger partial charge in [0.1, 0.15) is 11.4 Å². The summed E-state index contributed by atoms with van der Waals surface area (Å²) in [5.74, 6) is 1.25. The molecule has 0 amide bonds. The predicted octanol–water partition coefficient (Wildman–Crippen LogP) is 4.41. The zero-order valence-corrected chi connectivity index (χ0v) is 14.5. The summed E-state index contributed by atoms with van der Waals surface area (Å²) in [7, 11) is 0. The average Bonchev–Trinajstić information content (AvgIpc) is 3.16. The van der Waals surface area contributed by atoms with Crippen molar-refractivity contribution in [2.75, 3.05) is 11.5 Å². The summed E-state index contributed by atoms with van der Waals surface area (Å²) >= 11 is 1.93. The number of aliphatic imine (C=N–C) groups is 1. The van der Waals surface area contributed by atoms with Crippen LogP contribution in [0.3, 0.4) is 0 Å². The van der Waals surface area contributed by atoms with Crippen LogP contribution < -0.4 is 5.76 Å². The molecule has 1 atom stereocenters. The van der Waals surface area contributed by atoms with Gasteiger partial charge >= 0.3 is 5.76 Å². The van der Waals surface area contributed by atoms with Gasteiger partial charge < -0.3 is 4.42 Å². The van der Waals surface area contributed by atoms with Crippen LogP contribution in [0.25, 0.3) is 11.1 Å². The average molecular weight is 348 g/mol. The highest BCUT2D eigenvalue weighted by Gasteiger charge is 2.33. The molecule has 4 nitrogen and oxygen atoms in total. The number of fused-ring (bicyclic) bond motifs is 1. The number of unbranched alkanes of at least 4 members (excludes halogenated alkanes) is 1. The molecule has 0 radical (unpaired) electrons. The minimum absolute atomic E-state index is 0.364. The number of aromatic amines is 1. The first-order valence-electron chi connectivity index (χ1n) is 8.28. The Morgan fingerprint density at radius 3 is 2.92 bits per heavy atom. The number of halogens is 1. The number of nitrogens with zero attached hydrogens (tertiary/aromatic N) is 1. The van der Waals surface area contributed by atoms with Gasteiger partial charge in [0.25, 0.3) is 0 Å². The summed E-state index contributed by atoms with van der Waals surface area (Å²) in [6.07, 6.45) is 9.60. The van der Waals surface area contributed by atoms with Gasteiger partial charge in [0.15, 0.2) is 5.58 Å². The van der Waals surface area contributed by atoms with E-state index in [-0.39, 0.29) is 5.82 Å². The summed E-state index contributed by atoms with van der Waals surface area (Å²) in [6.45, 7) is 2.19. The zero-order chi connectivity index (χ0) is 17.0. The third-order valence-corrected chi connectivity index (χ3v) is 5.38. The van der Waals surface area contributed by atoms with Crippen molar-refractivity contribution >= 4 is 29.1 Å². The number of hydrogen-bond donors (Lipinski definition) is 1. The van der Waals surface area contributed by atoms with Gasteiger partial charge in [0.2, 0.25) is 0 Å². The fraction of sp³-hybridized carbons (Fsp3) is 0.444. The quantitative estimate of drug-likeness (QED) is 0.719. The fourth-order valence-corrected chi connectivity index (χ4v) is 4.00. The summed E-state index contributed by atoms with van der Waals surface area (Å²) in [4.78, 5) is 18.3. The highest BCUT2D eigenvalue weighted by Crippen LogP contribution is 2.38. The molecule has 1 unspecified atom stereocenters. The van der Waals surface area contributed by atoms with Crippen molar-refractivity contribution in [1.29, 1.82) is 0 Å². The minimum atomic E-state index is -0.695. The van der Waals surface area contributed by atoms with E-state index >= 15 is 0 Å². The highest BCUT2D eigenvalue weighted by atomic mass is 32.2. The van der Waals surface area contributed by atoms with Crippen LogP contribution in [-0.4, -0.2) is 22.7 Å². The van der Waals surface area contributed by atoms with Crippen molar-refractivity contribution < 1.29 is 8.81 Å². The van der Waals surface area contributed by atoms with Crippen molar-refractivity contribution in [3.05, 3.63) is 46.2 Å². The molecule has 24 heavy (non-hydrogen) atoms. The lowest BCUT2D eigenvalue weighted by Crippen LogP contribution is -2.21. The number of nitrogens with one attached hydrogen (secondary N) is 1. The lowest BCUT2D eigenvalue weighted by molar-refractivity contribution is 0.480. The number of rotatable bonds is 8. The Kier molecular flexibility index (Phi) is 5.23. The van der Waals surface area contributed by atoms with Gasteiger partial charge in [-0.2, -0.15) is 11.8 Å². The van der Waals surface area contributed by atoms with Crippen LogP contribution in [0.1, 0.15) is 38.2 Å². The zero-order valence-electron chi connectivity index (χ0n) is 13.7. The van der Waals surface area contributed by atoms with Gasteiger partial charge in [-0.25, -0.2) is 9.18 Å². The molecule has 0 fully saturated rings. The summed E-state index contributed by atoms with van der Waals surface area (Å²) in [6, 6.07) is 2.91. The third-order valence-electron chi connectivity index (χ3n) is 4.23. The largest absolute Gasteiger partial charge is 0.417 e. The first kappa shape index (κ1) is 17.0. The first-order chi connectivity index (χ1) is 11.6. The molecular formula is C18H21FN2O2S. The Balaban J connectivity index is 1.80. The Bertz CT molecular complexity index is 810. The van der Waals surface area contributed by atoms with Crippen LogP contribution in [0.15, 0.2) is 38.5 Å². The summed E-state index contributed by atoms with van der Waals surface area (Å²) in [5, 5.41) is 0. The van der Waals surface area contributed by atoms with Gasteiger partial charge in [-0.1, -0.05) is 19.4 Å². The molecule has 2 heterocycles. The van der Waals surface area contributed by atoms with Crippen molar-refractivity contribution in [2.24, 2.45) is 4.99 Å². The van der Waals surface area contributed by atoms with Gasteiger partial charge in [-0.05, 0) is 42.9 Å². The number of benzene rings is 1. The standard InChI is InChI=1S/C18H21FN2O2S/c1-2-3-9-24-10-5-7-18(6-4-8-20-18)13-11-16-15(12-14(13)19)21-17(22)23-16/h4,6,8,11-12H,2-3,5,7,9-10H2,1H3,(H,21,22). The highest BCUT2D eigenvalue weighted by molar-refractivity contribution is 7.99. The molecular weight excluding hydrogens is 327 g/mol. The lowest BCUT2D eigenvalue weighted by Gasteiger charge is -2.25. The minimum Gasteiger partial charge on any atom is -0.408 e. The van der Waals surface area contributed by atoms with E-state index in [9.17, 15) is 9.18 Å². The number of oxazole rings is 1. The second-order valence-corrected chi connectivity index (χ2v) is 7.20. The third kappa shape index (κ3) is 3.48. The second-order valence-electron chi connectivity index (χ2n) is 5.97. The molecule has 0 spiro atoms. The van der Waals surface area contributed by atoms with Crippen LogP contribution in [0, 0.1) is 5.82 Å². The maximum atomic E-state index is 14.6. The van der Waals surface area contributed by atoms with Crippen molar-refractivity contribution in [1.82, 2.24) is 4.98 Å². The van der Waals surface area contributed by atoms with Crippen molar-refractivity contribution in [3.8, 4) is 0 Å². The maximum absolute atomic E-state index is 14.6. The lowest BCUT2D eigenvalue weighted by atomic mass is 9.86. The first-order valence-corrected chi connectivity index (χ1v) is 9.44. The van der Waals surface area contributed by atoms with Gasteiger partial charge in [-0.15, -0.1) is 0 Å². The maximum Gasteiger partial charge on any atom is 0.417 e. The van der Waals surface area contributed by atoms with E-state index in [4.69, 9.17) is 4.42 Å². The molecule has 128 valence electrons. The van der Waals surface area contributed by atoms with Crippen LogP contribution in [0.5, 0.6) is 0 Å². The molecule has 1 aliphatic rings. The molecule has 1 aromatic heterocycles. The molecule has 0 bridgehead atoms. The van der Waals surface area contributed by atoms with E-state index < -0.39 is 11.3 Å². The number of H-pyrrole nitrogens is 1. The SMILES string of the molecule is CCCCSCCCC1(c2cc3oc(=O)[nH]c3cc2F)C=CC=N1.